The van der Waals surface area contributed by atoms with Gasteiger partial charge in [0.1, 0.15) is 0 Å². The van der Waals surface area contributed by atoms with Crippen LogP contribution in [0.5, 0.6) is 0 Å². The normalized spacial score (nSPS) is 11.8. The molecule has 1 rings (SSSR count). The van der Waals surface area contributed by atoms with Crippen LogP contribution in [0, 0.1) is 13.8 Å². The fraction of sp³-hybridized carbons (Fsp3) is 0.333. The van der Waals surface area contributed by atoms with Crippen molar-refractivity contribution in [1.29, 1.82) is 0 Å². The van der Waals surface area contributed by atoms with Crippen LogP contribution in [0.15, 0.2) is 23.6 Å². The quantitative estimate of drug-likeness (QED) is 0.330. The summed E-state index contributed by atoms with van der Waals surface area (Å²) >= 11 is 0. The molecule has 1 aromatic rings. The number of rotatable bonds is 1. The molecule has 3 nitrogen and oxygen atoms in total. The largest absolute Gasteiger partial charge is 0.858 e. The maximum absolute atomic E-state index is 10.6. The Labute approximate surface area is 72.0 Å². The first kappa shape index (κ1) is 8.71. The summed E-state index contributed by atoms with van der Waals surface area (Å²) in [5, 5.41) is 14.4. The van der Waals surface area contributed by atoms with Crippen molar-refractivity contribution < 1.29 is 9.78 Å². The van der Waals surface area contributed by atoms with Crippen molar-refractivity contribution in [2.24, 2.45) is 5.10 Å². The van der Waals surface area contributed by atoms with Gasteiger partial charge in [-0.15, -0.1) is 0 Å². The van der Waals surface area contributed by atoms with Crippen LogP contribution >= 0.6 is 0 Å². The van der Waals surface area contributed by atoms with E-state index in [2.05, 4.69) is 5.10 Å². The van der Waals surface area contributed by atoms with Crippen LogP contribution in [0.3, 0.4) is 0 Å². The predicted octanol–water partition coefficient (Wildman–Crippen LogP) is 0.133. The molecule has 0 atom stereocenters. The van der Waals surface area contributed by atoms with Gasteiger partial charge in [-0.1, -0.05) is 4.68 Å². The van der Waals surface area contributed by atoms with E-state index in [1.54, 1.807) is 4.68 Å². The smallest absolute Gasteiger partial charge is 0.205 e. The molecule has 1 heterocycles. The van der Waals surface area contributed by atoms with E-state index in [4.69, 9.17) is 0 Å². The van der Waals surface area contributed by atoms with Gasteiger partial charge in [-0.2, -0.15) is 0 Å². The van der Waals surface area contributed by atoms with E-state index in [0.29, 0.717) is 0 Å². The lowest BCUT2D eigenvalue weighted by molar-refractivity contribution is -0.682. The van der Waals surface area contributed by atoms with Crippen LogP contribution in [0.25, 0.3) is 0 Å². The van der Waals surface area contributed by atoms with Crippen LogP contribution in [-0.2, 0) is 0 Å². The van der Waals surface area contributed by atoms with Gasteiger partial charge in [-0.05, 0) is 31.9 Å². The third kappa shape index (κ3) is 2.34. The fourth-order valence-electron chi connectivity index (χ4n) is 1.11. The highest BCUT2D eigenvalue weighted by atomic mass is 16.3. The number of aromatic nitrogens is 1. The summed E-state index contributed by atoms with van der Waals surface area (Å²) in [7, 11) is 0. The molecule has 0 unspecified atom stereocenters. The molecular formula is C9H12N2O. The molecule has 0 fully saturated rings. The first-order valence-corrected chi connectivity index (χ1v) is 3.80. The number of hydrogen-bond donors (Lipinski definition) is 0. The van der Waals surface area contributed by atoms with E-state index < -0.39 is 0 Å². The molecule has 0 saturated carbocycles. The number of hydrogen-bond acceptors (Lipinski definition) is 2. The predicted molar refractivity (Wildman–Crippen MR) is 44.6 cm³/mol. The highest BCUT2D eigenvalue weighted by Gasteiger charge is 1.99. The lowest BCUT2D eigenvalue weighted by atomic mass is 10.2. The Morgan fingerprint density at radius 1 is 1.33 bits per heavy atom. The molecule has 0 aliphatic rings. The van der Waals surface area contributed by atoms with Gasteiger partial charge >= 0.3 is 0 Å². The van der Waals surface area contributed by atoms with Crippen molar-refractivity contribution in [1.82, 2.24) is 0 Å². The van der Waals surface area contributed by atoms with Crippen LogP contribution in [0.1, 0.15) is 18.1 Å². The standard InChI is InChI=1S/C9H12N2O/c1-7-4-8(2)6-11(5-7)10-9(3)12/h4-6H,1-3H3. The molecule has 0 bridgehead atoms. The summed E-state index contributed by atoms with van der Waals surface area (Å²) in [5.74, 6) is -0.190. The van der Waals surface area contributed by atoms with Crippen LogP contribution in [0.2, 0.25) is 0 Å². The van der Waals surface area contributed by atoms with Crippen molar-refractivity contribution in [3.63, 3.8) is 0 Å². The van der Waals surface area contributed by atoms with E-state index in [0.717, 1.165) is 11.1 Å². The van der Waals surface area contributed by atoms with Gasteiger partial charge < -0.3 is 5.11 Å². The zero-order valence-electron chi connectivity index (χ0n) is 7.53. The molecule has 1 aromatic heterocycles. The topological polar surface area (TPSA) is 39.3 Å². The van der Waals surface area contributed by atoms with Gasteiger partial charge in [-0.25, -0.2) is 0 Å². The highest BCUT2D eigenvalue weighted by Crippen LogP contribution is 1.96. The average Bonchev–Trinajstić information content (AvgIpc) is 1.81. The summed E-state index contributed by atoms with van der Waals surface area (Å²) in [6.07, 6.45) is 3.63. The zero-order valence-corrected chi connectivity index (χ0v) is 7.53. The van der Waals surface area contributed by atoms with Crippen LogP contribution < -0.4 is 9.78 Å². The van der Waals surface area contributed by atoms with Gasteiger partial charge in [0, 0.05) is 17.0 Å². The third-order valence-electron chi connectivity index (χ3n) is 1.38. The minimum Gasteiger partial charge on any atom is -0.858 e. The van der Waals surface area contributed by atoms with Gasteiger partial charge in [0.15, 0.2) is 0 Å². The molecule has 12 heavy (non-hydrogen) atoms. The van der Waals surface area contributed by atoms with E-state index in [1.807, 2.05) is 32.3 Å². The second-order valence-electron chi connectivity index (χ2n) is 2.89. The molecule has 0 aliphatic heterocycles. The van der Waals surface area contributed by atoms with Crippen molar-refractivity contribution in [2.45, 2.75) is 20.8 Å². The SMILES string of the molecule is C/C([O-])=N/[n+]1cc(C)cc(C)c1. The van der Waals surface area contributed by atoms with E-state index in [1.165, 1.54) is 6.92 Å². The van der Waals surface area contributed by atoms with Gasteiger partial charge in [0.2, 0.25) is 12.4 Å². The Morgan fingerprint density at radius 3 is 2.25 bits per heavy atom. The fourth-order valence-corrected chi connectivity index (χ4v) is 1.11. The monoisotopic (exact) mass is 164 g/mol. The van der Waals surface area contributed by atoms with Crippen molar-refractivity contribution in [3.05, 3.63) is 29.6 Å². The lowest BCUT2D eigenvalue weighted by Crippen LogP contribution is -2.32. The Kier molecular flexibility index (Phi) is 2.43. The number of nitrogens with zero attached hydrogens (tertiary/aromatic N) is 2. The Morgan fingerprint density at radius 2 is 1.83 bits per heavy atom. The van der Waals surface area contributed by atoms with Crippen LogP contribution in [-0.4, -0.2) is 5.90 Å². The molecule has 0 spiro atoms. The van der Waals surface area contributed by atoms with E-state index in [9.17, 15) is 5.11 Å². The van der Waals surface area contributed by atoms with Gasteiger partial charge in [-0.3, -0.25) is 0 Å². The minimum absolute atomic E-state index is 0.190. The summed E-state index contributed by atoms with van der Waals surface area (Å²) < 4.78 is 1.55. The zero-order chi connectivity index (χ0) is 9.14. The van der Waals surface area contributed by atoms with Gasteiger partial charge in [0.25, 0.3) is 0 Å². The highest BCUT2D eigenvalue weighted by molar-refractivity contribution is 5.67. The molecule has 0 amide bonds. The van der Waals surface area contributed by atoms with E-state index in [-0.39, 0.29) is 5.90 Å². The summed E-state index contributed by atoms with van der Waals surface area (Å²) in [5.41, 5.74) is 2.19. The van der Waals surface area contributed by atoms with Crippen molar-refractivity contribution in [3.8, 4) is 0 Å². The second-order valence-corrected chi connectivity index (χ2v) is 2.89. The Hall–Kier alpha value is -1.38. The average molecular weight is 164 g/mol. The number of aryl methyl sites for hydroxylation is 2. The summed E-state index contributed by atoms with van der Waals surface area (Å²) in [6.45, 7) is 5.38. The molecular weight excluding hydrogens is 152 g/mol. The first-order chi connectivity index (χ1) is 5.58. The Balaban J connectivity index is 3.09. The maximum atomic E-state index is 10.6. The molecule has 64 valence electrons. The van der Waals surface area contributed by atoms with Gasteiger partial charge in [0.05, 0.1) is 0 Å². The molecule has 3 heteroatoms. The second kappa shape index (κ2) is 3.34. The van der Waals surface area contributed by atoms with E-state index >= 15 is 0 Å². The molecule has 0 aliphatic carbocycles. The van der Waals surface area contributed by atoms with Crippen molar-refractivity contribution in [2.75, 3.05) is 0 Å². The summed E-state index contributed by atoms with van der Waals surface area (Å²) in [4.78, 5) is 0. The molecule has 0 saturated heterocycles. The van der Waals surface area contributed by atoms with Crippen molar-refractivity contribution >= 4 is 5.90 Å². The summed E-state index contributed by atoms with van der Waals surface area (Å²) in [6, 6.07) is 2.03. The lowest BCUT2D eigenvalue weighted by Gasteiger charge is -1.97. The molecule has 0 N–H and O–H groups in total. The first-order valence-electron chi connectivity index (χ1n) is 3.80. The van der Waals surface area contributed by atoms with Crippen LogP contribution in [0.4, 0.5) is 0 Å². The number of pyridine rings is 1. The molecule has 0 aromatic carbocycles. The Bertz CT molecular complexity index is 294. The maximum Gasteiger partial charge on any atom is 0.205 e. The third-order valence-corrected chi connectivity index (χ3v) is 1.38. The minimum atomic E-state index is -0.190. The molecule has 0 radical (unpaired) electrons.